The average molecular weight is 290 g/mol. The van der Waals surface area contributed by atoms with Crippen LogP contribution in [0.3, 0.4) is 0 Å². The molecule has 0 atom stereocenters. The van der Waals surface area contributed by atoms with Crippen LogP contribution in [-0.4, -0.2) is 21.6 Å². The van der Waals surface area contributed by atoms with Crippen molar-refractivity contribution in [1.29, 1.82) is 0 Å². The van der Waals surface area contributed by atoms with Crippen molar-refractivity contribution in [2.24, 2.45) is 0 Å². The summed E-state index contributed by atoms with van der Waals surface area (Å²) in [6, 6.07) is 0. The number of halogens is 2. The van der Waals surface area contributed by atoms with Crippen LogP contribution < -0.4 is 4.74 Å². The average Bonchev–Trinajstić information content (AvgIpc) is 2.70. The molecule has 0 saturated carbocycles. The van der Waals surface area contributed by atoms with E-state index in [1.165, 1.54) is 11.1 Å². The number of hydrogen-bond acceptors (Lipinski definition) is 5. The smallest absolute Gasteiger partial charge is 0.237 e. The van der Waals surface area contributed by atoms with Crippen molar-refractivity contribution >= 4 is 34.5 Å². The Morgan fingerprint density at radius 2 is 2.18 bits per heavy atom. The van der Waals surface area contributed by atoms with Crippen LogP contribution in [0.2, 0.25) is 10.3 Å². The Morgan fingerprint density at radius 3 is 2.88 bits per heavy atom. The fourth-order valence-corrected chi connectivity index (χ4v) is 2.27. The maximum absolute atomic E-state index is 5.87. The summed E-state index contributed by atoms with van der Waals surface area (Å²) in [6.07, 6.45) is 2.19. The lowest BCUT2D eigenvalue weighted by atomic mass is 10.3. The first-order valence-electron chi connectivity index (χ1n) is 4.86. The zero-order chi connectivity index (χ0) is 12.3. The van der Waals surface area contributed by atoms with Crippen LogP contribution in [0.4, 0.5) is 0 Å². The summed E-state index contributed by atoms with van der Waals surface area (Å²) in [7, 11) is 0. The first-order chi connectivity index (χ1) is 8.16. The summed E-state index contributed by atoms with van der Waals surface area (Å²) >= 11 is 13.1. The fraction of sp³-hybridized carbons (Fsp3) is 0.300. The van der Waals surface area contributed by atoms with E-state index >= 15 is 0 Å². The van der Waals surface area contributed by atoms with Crippen molar-refractivity contribution in [3.63, 3.8) is 0 Å². The van der Waals surface area contributed by atoms with Crippen LogP contribution in [0.1, 0.15) is 10.6 Å². The third-order valence-electron chi connectivity index (χ3n) is 2.10. The van der Waals surface area contributed by atoms with Gasteiger partial charge < -0.3 is 4.74 Å². The summed E-state index contributed by atoms with van der Waals surface area (Å²) in [6.45, 7) is 2.45. The number of nitrogens with zero attached hydrogens (tertiary/aromatic N) is 3. The number of thiazole rings is 1. The van der Waals surface area contributed by atoms with E-state index in [0.717, 1.165) is 12.1 Å². The Labute approximate surface area is 113 Å². The van der Waals surface area contributed by atoms with Gasteiger partial charge in [-0.3, -0.25) is 0 Å². The molecule has 0 amide bonds. The molecule has 90 valence electrons. The molecule has 0 aliphatic rings. The molecule has 0 fully saturated rings. The van der Waals surface area contributed by atoms with Crippen LogP contribution >= 0.6 is 34.5 Å². The van der Waals surface area contributed by atoms with Crippen molar-refractivity contribution in [2.75, 3.05) is 6.61 Å². The minimum Gasteiger partial charge on any atom is -0.476 e. The van der Waals surface area contributed by atoms with Gasteiger partial charge in [0.2, 0.25) is 11.2 Å². The van der Waals surface area contributed by atoms with Crippen molar-refractivity contribution in [2.45, 2.75) is 13.3 Å². The maximum atomic E-state index is 5.87. The van der Waals surface area contributed by atoms with E-state index in [9.17, 15) is 0 Å². The van der Waals surface area contributed by atoms with Gasteiger partial charge in [-0.2, -0.15) is 4.98 Å². The predicted octanol–water partition coefficient (Wildman–Crippen LogP) is 3.17. The van der Waals surface area contributed by atoms with Gasteiger partial charge in [0.15, 0.2) is 0 Å². The highest BCUT2D eigenvalue weighted by Gasteiger charge is 2.07. The van der Waals surface area contributed by atoms with Gasteiger partial charge >= 0.3 is 0 Å². The molecule has 2 heterocycles. The number of aryl methyl sites for hydroxylation is 1. The van der Waals surface area contributed by atoms with Crippen molar-refractivity contribution < 1.29 is 4.74 Å². The lowest BCUT2D eigenvalue weighted by molar-refractivity contribution is 0.310. The molecule has 2 aromatic rings. The SMILES string of the molecule is Cc1ncsc1CCOc1nc(Cl)ncc1Cl. The summed E-state index contributed by atoms with van der Waals surface area (Å²) in [4.78, 5) is 13.0. The minimum absolute atomic E-state index is 0.123. The quantitative estimate of drug-likeness (QED) is 0.811. The molecule has 0 N–H and O–H groups in total. The molecule has 0 aliphatic heterocycles. The summed E-state index contributed by atoms with van der Waals surface area (Å²) in [5.41, 5.74) is 2.85. The van der Waals surface area contributed by atoms with E-state index in [-0.39, 0.29) is 5.28 Å². The topological polar surface area (TPSA) is 47.9 Å². The van der Waals surface area contributed by atoms with Gasteiger partial charge in [0.05, 0.1) is 24.0 Å². The summed E-state index contributed by atoms with van der Waals surface area (Å²) in [5.74, 6) is 0.314. The molecule has 0 bridgehead atoms. The Balaban J connectivity index is 1.94. The van der Waals surface area contributed by atoms with E-state index in [4.69, 9.17) is 27.9 Å². The molecule has 0 radical (unpaired) electrons. The second kappa shape index (κ2) is 5.62. The second-order valence-electron chi connectivity index (χ2n) is 3.25. The largest absolute Gasteiger partial charge is 0.476 e. The molecule has 2 aromatic heterocycles. The lowest BCUT2D eigenvalue weighted by Crippen LogP contribution is -2.03. The first kappa shape index (κ1) is 12.5. The van der Waals surface area contributed by atoms with Crippen LogP contribution in [0.5, 0.6) is 5.88 Å². The Morgan fingerprint density at radius 1 is 1.35 bits per heavy atom. The summed E-state index contributed by atoms with van der Waals surface area (Å²) < 4.78 is 5.46. The molecule has 0 aliphatic carbocycles. The van der Waals surface area contributed by atoms with Crippen LogP contribution in [0.15, 0.2) is 11.7 Å². The second-order valence-corrected chi connectivity index (χ2v) is 4.94. The Kier molecular flexibility index (Phi) is 4.15. The van der Waals surface area contributed by atoms with Gasteiger partial charge in [0, 0.05) is 11.3 Å². The molecule has 2 rings (SSSR count). The lowest BCUT2D eigenvalue weighted by Gasteiger charge is -2.05. The van der Waals surface area contributed by atoms with Crippen molar-refractivity contribution in [3.05, 3.63) is 32.6 Å². The number of aromatic nitrogens is 3. The number of hydrogen-bond donors (Lipinski definition) is 0. The molecule has 17 heavy (non-hydrogen) atoms. The van der Waals surface area contributed by atoms with Crippen molar-refractivity contribution in [1.82, 2.24) is 15.0 Å². The van der Waals surface area contributed by atoms with E-state index < -0.39 is 0 Å². The van der Waals surface area contributed by atoms with Crippen LogP contribution in [0, 0.1) is 6.92 Å². The molecule has 7 heteroatoms. The normalized spacial score (nSPS) is 10.5. The van der Waals surface area contributed by atoms with E-state index in [1.807, 2.05) is 12.4 Å². The predicted molar refractivity (Wildman–Crippen MR) is 68.1 cm³/mol. The van der Waals surface area contributed by atoms with E-state index in [0.29, 0.717) is 17.5 Å². The Bertz CT molecular complexity index is 518. The maximum Gasteiger partial charge on any atom is 0.237 e. The molecule has 0 unspecified atom stereocenters. The summed E-state index contributed by atoms with van der Waals surface area (Å²) in [5, 5.41) is 0.480. The standard InChI is InChI=1S/C10H9Cl2N3OS/c1-6-8(17-5-14-6)2-3-16-9-7(11)4-13-10(12)15-9/h4-5H,2-3H2,1H3. The molecular formula is C10H9Cl2N3OS. The van der Waals surface area contributed by atoms with Crippen LogP contribution in [0.25, 0.3) is 0 Å². The highest BCUT2D eigenvalue weighted by atomic mass is 35.5. The number of rotatable bonds is 4. The van der Waals surface area contributed by atoms with Gasteiger partial charge in [-0.05, 0) is 18.5 Å². The third-order valence-corrected chi connectivity index (χ3v) is 3.53. The van der Waals surface area contributed by atoms with Crippen LogP contribution in [-0.2, 0) is 6.42 Å². The van der Waals surface area contributed by atoms with Gasteiger partial charge in [0.25, 0.3) is 0 Å². The molecule has 0 aromatic carbocycles. The molecule has 0 saturated heterocycles. The first-order valence-corrected chi connectivity index (χ1v) is 6.50. The van der Waals surface area contributed by atoms with E-state index in [2.05, 4.69) is 15.0 Å². The molecular weight excluding hydrogens is 281 g/mol. The van der Waals surface area contributed by atoms with Gasteiger partial charge in [-0.25, -0.2) is 9.97 Å². The highest BCUT2D eigenvalue weighted by molar-refractivity contribution is 7.09. The third kappa shape index (κ3) is 3.28. The Hall–Kier alpha value is -0.910. The molecule has 0 spiro atoms. The van der Waals surface area contributed by atoms with Gasteiger partial charge in [-0.15, -0.1) is 11.3 Å². The fourth-order valence-electron chi connectivity index (χ4n) is 1.24. The molecule has 4 nitrogen and oxygen atoms in total. The zero-order valence-corrected chi connectivity index (χ0v) is 11.3. The monoisotopic (exact) mass is 289 g/mol. The zero-order valence-electron chi connectivity index (χ0n) is 8.98. The highest BCUT2D eigenvalue weighted by Crippen LogP contribution is 2.22. The van der Waals surface area contributed by atoms with Gasteiger partial charge in [-0.1, -0.05) is 11.6 Å². The minimum atomic E-state index is 0.123. The number of ether oxygens (including phenoxy) is 1. The van der Waals surface area contributed by atoms with E-state index in [1.54, 1.807) is 11.3 Å². The van der Waals surface area contributed by atoms with Crippen molar-refractivity contribution in [3.8, 4) is 5.88 Å². The van der Waals surface area contributed by atoms with Gasteiger partial charge in [0.1, 0.15) is 5.02 Å².